The third-order valence-corrected chi connectivity index (χ3v) is 8.28. The van der Waals surface area contributed by atoms with E-state index in [-0.39, 0.29) is 11.9 Å². The van der Waals surface area contributed by atoms with Crippen LogP contribution in [0.2, 0.25) is 5.02 Å². The maximum absolute atomic E-state index is 12.4. The predicted molar refractivity (Wildman–Crippen MR) is 151 cm³/mol. The summed E-state index contributed by atoms with van der Waals surface area (Å²) in [5, 5.41) is 9.62. The van der Waals surface area contributed by atoms with Crippen LogP contribution in [0.1, 0.15) is 5.56 Å². The van der Waals surface area contributed by atoms with Crippen LogP contribution in [0.15, 0.2) is 37.1 Å². The van der Waals surface area contributed by atoms with E-state index in [1.807, 2.05) is 23.2 Å². The molecule has 2 aromatic heterocycles. The lowest BCUT2D eigenvalue weighted by molar-refractivity contribution is -0.126. The van der Waals surface area contributed by atoms with Crippen molar-refractivity contribution in [1.82, 2.24) is 25.1 Å². The molecule has 2 aromatic carbocycles. The molecular weight excluding hydrogens is 518 g/mol. The van der Waals surface area contributed by atoms with Crippen LogP contribution in [0, 0.1) is 6.92 Å². The van der Waals surface area contributed by atoms with Crippen molar-refractivity contribution in [1.29, 1.82) is 0 Å². The second-order valence-corrected chi connectivity index (χ2v) is 10.5. The molecule has 2 fully saturated rings. The normalized spacial score (nSPS) is 19.1. The van der Waals surface area contributed by atoms with Gasteiger partial charge in [0.1, 0.15) is 12.4 Å². The summed E-state index contributed by atoms with van der Waals surface area (Å²) in [5.41, 5.74) is 4.60. The molecule has 4 aromatic rings. The summed E-state index contributed by atoms with van der Waals surface area (Å²) in [5.74, 6) is 1.94. The molecule has 1 amide bonds. The van der Waals surface area contributed by atoms with E-state index in [1.54, 1.807) is 0 Å². The molecule has 1 atom stereocenters. The van der Waals surface area contributed by atoms with Gasteiger partial charge in [0.2, 0.25) is 11.9 Å². The number of fused-ring (bicyclic) bond motifs is 3. The first-order valence-corrected chi connectivity index (χ1v) is 13.5. The minimum absolute atomic E-state index is 0.0812. The number of hydrogen-bond acceptors (Lipinski definition) is 8. The summed E-state index contributed by atoms with van der Waals surface area (Å²) in [6.45, 7) is 10.5. The van der Waals surface area contributed by atoms with Crippen LogP contribution in [-0.4, -0.2) is 89.6 Å². The largest absolute Gasteiger partial charge is 0.489 e. The second kappa shape index (κ2) is 9.39. The van der Waals surface area contributed by atoms with Crippen molar-refractivity contribution in [3.63, 3.8) is 0 Å². The van der Waals surface area contributed by atoms with Gasteiger partial charge in [0, 0.05) is 43.7 Å². The number of halogens is 1. The number of hydrogen-bond donors (Lipinski definition) is 1. The quantitative estimate of drug-likeness (QED) is 0.390. The first-order valence-electron chi connectivity index (χ1n) is 13.1. The van der Waals surface area contributed by atoms with Gasteiger partial charge in [-0.1, -0.05) is 24.2 Å². The molecule has 39 heavy (non-hydrogen) atoms. The Labute approximate surface area is 230 Å². The lowest BCUT2D eigenvalue weighted by Crippen LogP contribution is -2.56. The van der Waals surface area contributed by atoms with E-state index in [1.165, 1.54) is 6.08 Å². The lowest BCUT2D eigenvalue weighted by atomic mass is 9.95. The maximum Gasteiger partial charge on any atom is 0.246 e. The van der Waals surface area contributed by atoms with E-state index >= 15 is 0 Å². The number of anilines is 2. The lowest BCUT2D eigenvalue weighted by Gasteiger charge is -2.40. The molecule has 3 aliphatic rings. The van der Waals surface area contributed by atoms with Gasteiger partial charge in [-0.2, -0.15) is 10.1 Å². The topological polar surface area (TPSA) is 99.7 Å². The fraction of sp³-hybridized carbons (Fsp3) is 0.357. The van der Waals surface area contributed by atoms with Crippen molar-refractivity contribution in [2.45, 2.75) is 13.0 Å². The van der Waals surface area contributed by atoms with E-state index in [4.69, 9.17) is 31.0 Å². The number of carbonyl (C=O) groups excluding carboxylic acids is 1. The third kappa shape index (κ3) is 3.89. The van der Waals surface area contributed by atoms with Crippen molar-refractivity contribution in [2.24, 2.45) is 0 Å². The molecule has 7 rings (SSSR count). The number of rotatable bonds is 3. The van der Waals surface area contributed by atoms with Crippen LogP contribution in [0.3, 0.4) is 0 Å². The van der Waals surface area contributed by atoms with Crippen molar-refractivity contribution in [2.75, 3.05) is 62.3 Å². The Balaban J connectivity index is 1.45. The first-order chi connectivity index (χ1) is 19.0. The Hall–Kier alpha value is -3.89. The van der Waals surface area contributed by atoms with Crippen molar-refractivity contribution >= 4 is 51.1 Å². The molecule has 0 radical (unpaired) electrons. The number of nitrogens with zero attached hydrogens (tertiary/aromatic N) is 6. The third-order valence-electron chi connectivity index (χ3n) is 7.91. The van der Waals surface area contributed by atoms with Gasteiger partial charge in [-0.25, -0.2) is 4.98 Å². The zero-order valence-electron chi connectivity index (χ0n) is 21.6. The Morgan fingerprint density at radius 3 is 2.87 bits per heavy atom. The molecule has 0 aliphatic carbocycles. The van der Waals surface area contributed by atoms with Gasteiger partial charge in [0.05, 0.1) is 46.9 Å². The van der Waals surface area contributed by atoms with Gasteiger partial charge in [0.25, 0.3) is 0 Å². The summed E-state index contributed by atoms with van der Waals surface area (Å²) >= 11 is 7.19. The van der Waals surface area contributed by atoms with E-state index in [2.05, 4.69) is 39.6 Å². The number of benzene rings is 2. The van der Waals surface area contributed by atoms with Crippen LogP contribution in [0.5, 0.6) is 5.75 Å². The van der Waals surface area contributed by atoms with Crippen LogP contribution in [0.4, 0.5) is 11.8 Å². The number of nitrogens with one attached hydrogen (secondary N) is 1. The number of amides is 1. The van der Waals surface area contributed by atoms with E-state index in [0.29, 0.717) is 69.3 Å². The number of H-pyrrole nitrogens is 1. The molecule has 0 spiro atoms. The molecule has 0 unspecified atom stereocenters. The zero-order chi connectivity index (χ0) is 26.7. The fourth-order valence-electron chi connectivity index (χ4n) is 5.91. The summed E-state index contributed by atoms with van der Waals surface area (Å²) in [6, 6.07) is 6.04. The summed E-state index contributed by atoms with van der Waals surface area (Å²) < 4.78 is 12.1. The van der Waals surface area contributed by atoms with Crippen LogP contribution in [-0.2, 0) is 9.53 Å². The van der Waals surface area contributed by atoms with Gasteiger partial charge in [0.15, 0.2) is 5.75 Å². The van der Waals surface area contributed by atoms with E-state index < -0.39 is 0 Å². The highest BCUT2D eigenvalue weighted by Gasteiger charge is 2.36. The molecule has 3 aliphatic heterocycles. The minimum Gasteiger partial charge on any atom is -0.489 e. The number of piperazine rings is 1. The number of aromatic nitrogens is 4. The average Bonchev–Trinajstić information content (AvgIpc) is 3.38. The fourth-order valence-corrected chi connectivity index (χ4v) is 6.21. The molecule has 5 heterocycles. The van der Waals surface area contributed by atoms with Gasteiger partial charge >= 0.3 is 0 Å². The first kappa shape index (κ1) is 24.2. The van der Waals surface area contributed by atoms with Crippen molar-refractivity contribution < 1.29 is 14.3 Å². The van der Waals surface area contributed by atoms with Gasteiger partial charge in [-0.05, 0) is 36.3 Å². The second-order valence-electron chi connectivity index (χ2n) is 10.1. The molecule has 11 heteroatoms. The number of ether oxygens (including phenoxy) is 2. The highest BCUT2D eigenvalue weighted by molar-refractivity contribution is 6.37. The van der Waals surface area contributed by atoms with Crippen LogP contribution in [0.25, 0.3) is 32.9 Å². The monoisotopic (exact) mass is 545 g/mol. The van der Waals surface area contributed by atoms with E-state index in [9.17, 15) is 4.79 Å². The Bertz CT molecular complexity index is 1630. The molecule has 0 bridgehead atoms. The molecule has 0 saturated carbocycles. The number of morpholine rings is 1. The SMILES string of the molecule is C=CC(=O)N1CCN2c3nc(N4CCOCC4)nc4cc(-c5c(C)ccc6[nH]ncc56)c(Cl)c(c34)OC[C@@H]2C1. The number of carbonyl (C=O) groups is 1. The Morgan fingerprint density at radius 2 is 2.05 bits per heavy atom. The van der Waals surface area contributed by atoms with Crippen LogP contribution >= 0.6 is 11.6 Å². The predicted octanol–water partition coefficient (Wildman–Crippen LogP) is 3.57. The minimum atomic E-state index is -0.0933. The molecule has 200 valence electrons. The van der Waals surface area contributed by atoms with Gasteiger partial charge in [-0.3, -0.25) is 9.89 Å². The van der Waals surface area contributed by atoms with Crippen LogP contribution < -0.4 is 14.5 Å². The smallest absolute Gasteiger partial charge is 0.246 e. The average molecular weight is 546 g/mol. The van der Waals surface area contributed by atoms with Crippen molar-refractivity contribution in [3.8, 4) is 16.9 Å². The number of aromatic amines is 1. The van der Waals surface area contributed by atoms with E-state index in [0.717, 1.165) is 44.3 Å². The Kier molecular flexibility index (Phi) is 5.82. The van der Waals surface area contributed by atoms with Gasteiger partial charge in [-0.15, -0.1) is 0 Å². The zero-order valence-corrected chi connectivity index (χ0v) is 22.4. The molecule has 2 saturated heterocycles. The molecule has 1 N–H and O–H groups in total. The maximum atomic E-state index is 12.4. The number of aryl methyl sites for hydroxylation is 1. The summed E-state index contributed by atoms with van der Waals surface area (Å²) in [4.78, 5) is 28.8. The Morgan fingerprint density at radius 1 is 1.21 bits per heavy atom. The molecule has 10 nitrogen and oxygen atoms in total. The molecular formula is C28H28ClN7O3. The van der Waals surface area contributed by atoms with Gasteiger partial charge < -0.3 is 24.2 Å². The van der Waals surface area contributed by atoms with Crippen molar-refractivity contribution in [3.05, 3.63) is 47.6 Å². The highest BCUT2D eigenvalue weighted by atomic mass is 35.5. The summed E-state index contributed by atoms with van der Waals surface area (Å²) in [6.07, 6.45) is 3.19. The highest BCUT2D eigenvalue weighted by Crippen LogP contribution is 2.48. The summed E-state index contributed by atoms with van der Waals surface area (Å²) in [7, 11) is 0. The standard InChI is InChI=1S/C28H28ClN7O3/c1-3-22(37)35-6-7-36-17(14-35)15-39-26-24-21(31-28(32-27(24)36)34-8-10-38-11-9-34)12-18(25(26)29)23-16(2)4-5-20-19(23)13-30-33-20/h3-5,12-13,17H,1,6-11,14-15H2,2H3,(H,30,33)/t17-/m0/s1.